The van der Waals surface area contributed by atoms with Crippen molar-refractivity contribution in [3.05, 3.63) is 364 Å². The van der Waals surface area contributed by atoms with Crippen molar-refractivity contribution in [3.63, 3.8) is 0 Å². The van der Waals surface area contributed by atoms with Gasteiger partial charge >= 0.3 is 0 Å². The van der Waals surface area contributed by atoms with Gasteiger partial charge in [0, 0.05) is 0 Å². The molecule has 0 fully saturated rings. The molecule has 20 aromatic carbocycles. The molecule has 0 unspecified atom stereocenters. The lowest BCUT2D eigenvalue weighted by Crippen LogP contribution is -1.87. The molecule has 0 saturated carbocycles. The van der Waals surface area contributed by atoms with Crippen LogP contribution in [0.15, 0.2) is 364 Å². The molecule has 0 amide bonds. The third kappa shape index (κ3) is 9.21. The molecule has 444 valence electrons. The van der Waals surface area contributed by atoms with Gasteiger partial charge < -0.3 is 0 Å². The molecule has 0 atom stereocenters. The van der Waals surface area contributed by atoms with E-state index < -0.39 is 0 Å². The zero-order valence-corrected chi connectivity index (χ0v) is 52.6. The van der Waals surface area contributed by atoms with Gasteiger partial charge in [0.2, 0.25) is 0 Å². The molecule has 0 aromatic heterocycles. The molecule has 0 radical (unpaired) electrons. The van der Waals surface area contributed by atoms with E-state index in [0.29, 0.717) is 0 Å². The van der Waals surface area contributed by atoms with Crippen LogP contribution in [0.2, 0.25) is 0 Å². The SMILES string of the molecule is c1cc(-c2cccc(-c3ccc4c5ccccc5c5ccccc5c4c3)c2)cc(-c2ccc3c4ccccc4c4ccccc4c3c2)c1.c1ccc2c(c1)c1ccccc1c1cc(-c3ccc(-c4ccc(-c5ccc6c7ccccc7c7ccccc7c6c5)cc4)cc3)ccc21. The lowest BCUT2D eigenvalue weighted by molar-refractivity contribution is 1.59. The summed E-state index contributed by atoms with van der Waals surface area (Å²) in [5.41, 5.74) is 14.7. The number of fused-ring (bicyclic) bond motifs is 24. The second kappa shape index (κ2) is 22.7. The van der Waals surface area contributed by atoms with E-state index in [1.807, 2.05) is 0 Å². The van der Waals surface area contributed by atoms with E-state index in [1.54, 1.807) is 0 Å². The number of hydrogen-bond acceptors (Lipinski definition) is 0. The standard InChI is InChI=1S/2C48H30/c1-3-19-41-37(15-1)39-17-5-7-21-43(39)47-29-35(23-25-45(41)47)33-13-9-11-31(27-33)32-12-10-14-34(28-32)36-24-26-46-42-20-4-2-16-38(42)40-18-6-8-22-44(40)48(46)30-36;1-3-13-41-37(9-1)39-11-5-7-15-43(39)47-29-35(25-27-45(41)47)33-21-17-31(18-22-33)32-19-23-34(24-20-32)36-26-28-46-42-14-4-2-10-38(42)40-12-6-8-16-44(40)48(46)30-36/h2*1-30H. The van der Waals surface area contributed by atoms with Crippen LogP contribution in [0.1, 0.15) is 0 Å². The molecule has 96 heavy (non-hydrogen) atoms. The molecule has 0 aliphatic carbocycles. The van der Waals surface area contributed by atoms with Crippen LogP contribution in [0.4, 0.5) is 0 Å². The zero-order valence-electron chi connectivity index (χ0n) is 52.6. The second-order valence-electron chi connectivity index (χ2n) is 25.7. The van der Waals surface area contributed by atoms with Gasteiger partial charge in [-0.2, -0.15) is 0 Å². The Balaban J connectivity index is 0.000000135. The van der Waals surface area contributed by atoms with Gasteiger partial charge in [0.15, 0.2) is 0 Å². The van der Waals surface area contributed by atoms with E-state index >= 15 is 0 Å². The fourth-order valence-corrected chi connectivity index (χ4v) is 15.8. The van der Waals surface area contributed by atoms with Crippen molar-refractivity contribution in [2.75, 3.05) is 0 Å². The number of rotatable bonds is 6. The Kier molecular flexibility index (Phi) is 13.0. The van der Waals surface area contributed by atoms with Crippen molar-refractivity contribution in [3.8, 4) is 66.8 Å². The lowest BCUT2D eigenvalue weighted by Gasteiger charge is -2.13. The van der Waals surface area contributed by atoms with E-state index in [9.17, 15) is 0 Å². The summed E-state index contributed by atoms with van der Waals surface area (Å²) in [6.45, 7) is 0. The van der Waals surface area contributed by atoms with Gasteiger partial charge in [-0.25, -0.2) is 0 Å². The molecular formula is C96H60. The summed E-state index contributed by atoms with van der Waals surface area (Å²) in [5.74, 6) is 0. The molecule has 0 nitrogen and oxygen atoms in total. The molecule has 0 aliphatic heterocycles. The zero-order chi connectivity index (χ0) is 63.2. The van der Waals surface area contributed by atoms with Crippen molar-refractivity contribution in [2.45, 2.75) is 0 Å². The Hall–Kier alpha value is -12.5. The first kappa shape index (κ1) is 55.2. The summed E-state index contributed by atoms with van der Waals surface area (Å²) < 4.78 is 0. The predicted molar refractivity (Wildman–Crippen MR) is 416 cm³/mol. The molecule has 0 saturated heterocycles. The summed E-state index contributed by atoms with van der Waals surface area (Å²) in [4.78, 5) is 0. The minimum atomic E-state index is 1.22. The maximum absolute atomic E-state index is 2.38. The third-order valence-electron chi connectivity index (χ3n) is 20.5. The van der Waals surface area contributed by atoms with E-state index in [2.05, 4.69) is 364 Å². The predicted octanol–water partition coefficient (Wildman–Crippen LogP) is 27.2. The number of benzene rings is 20. The van der Waals surface area contributed by atoms with Crippen molar-refractivity contribution < 1.29 is 0 Å². The first-order valence-electron chi connectivity index (χ1n) is 33.4. The van der Waals surface area contributed by atoms with Gasteiger partial charge in [-0.05, 0) is 232 Å². The fourth-order valence-electron chi connectivity index (χ4n) is 15.8. The Labute approximate surface area is 556 Å². The summed E-state index contributed by atoms with van der Waals surface area (Å²) in [7, 11) is 0. The van der Waals surface area contributed by atoms with Gasteiger partial charge in [-0.3, -0.25) is 0 Å². The van der Waals surface area contributed by atoms with Crippen LogP contribution in [-0.4, -0.2) is 0 Å². The van der Waals surface area contributed by atoms with Crippen LogP contribution in [0.3, 0.4) is 0 Å². The first-order valence-corrected chi connectivity index (χ1v) is 33.4. The Morgan fingerprint density at radius 1 is 0.0729 bits per heavy atom. The highest BCUT2D eigenvalue weighted by Crippen LogP contribution is 2.43. The first-order chi connectivity index (χ1) is 47.6. The molecule has 0 aliphatic rings. The molecule has 0 heterocycles. The highest BCUT2D eigenvalue weighted by atomic mass is 14.2. The highest BCUT2D eigenvalue weighted by Gasteiger charge is 2.16. The van der Waals surface area contributed by atoms with Crippen LogP contribution >= 0.6 is 0 Å². The average Bonchev–Trinajstić information content (AvgIpc) is 0.769. The van der Waals surface area contributed by atoms with Gasteiger partial charge in [-0.15, -0.1) is 0 Å². The van der Waals surface area contributed by atoms with Crippen molar-refractivity contribution in [1.29, 1.82) is 0 Å². The van der Waals surface area contributed by atoms with E-state index in [1.165, 1.54) is 196 Å². The van der Waals surface area contributed by atoms with Gasteiger partial charge in [-0.1, -0.05) is 328 Å². The summed E-state index contributed by atoms with van der Waals surface area (Å²) in [5, 5.41) is 31.3. The van der Waals surface area contributed by atoms with Gasteiger partial charge in [0.1, 0.15) is 0 Å². The molecule has 0 spiro atoms. The fraction of sp³-hybridized carbons (Fsp3) is 0. The molecule has 20 aromatic rings. The number of hydrogen-bond donors (Lipinski definition) is 0. The van der Waals surface area contributed by atoms with Gasteiger partial charge in [0.25, 0.3) is 0 Å². The van der Waals surface area contributed by atoms with Crippen LogP contribution in [0, 0.1) is 0 Å². The van der Waals surface area contributed by atoms with E-state index in [-0.39, 0.29) is 0 Å². The average molecular weight is 1210 g/mol. The lowest BCUT2D eigenvalue weighted by atomic mass is 9.90. The second-order valence-corrected chi connectivity index (χ2v) is 25.7. The minimum Gasteiger partial charge on any atom is -0.0616 e. The van der Waals surface area contributed by atoms with Crippen LogP contribution in [0.5, 0.6) is 0 Å². The smallest absolute Gasteiger partial charge is 0.00928 e. The third-order valence-corrected chi connectivity index (χ3v) is 20.5. The molecule has 20 rings (SSSR count). The summed E-state index contributed by atoms with van der Waals surface area (Å²) >= 11 is 0. The molecule has 0 bridgehead atoms. The van der Waals surface area contributed by atoms with Crippen LogP contribution < -0.4 is 0 Å². The maximum atomic E-state index is 2.38. The van der Waals surface area contributed by atoms with E-state index in [4.69, 9.17) is 0 Å². The summed E-state index contributed by atoms with van der Waals surface area (Å²) in [6, 6.07) is 134. The summed E-state index contributed by atoms with van der Waals surface area (Å²) in [6.07, 6.45) is 0. The topological polar surface area (TPSA) is 0 Å². The Morgan fingerprint density at radius 3 is 0.385 bits per heavy atom. The van der Waals surface area contributed by atoms with Crippen LogP contribution in [0.25, 0.3) is 196 Å². The Bertz CT molecular complexity index is 6010. The van der Waals surface area contributed by atoms with Crippen molar-refractivity contribution in [2.24, 2.45) is 0 Å². The van der Waals surface area contributed by atoms with E-state index in [0.717, 1.165) is 0 Å². The van der Waals surface area contributed by atoms with Crippen LogP contribution in [-0.2, 0) is 0 Å². The quantitative estimate of drug-likeness (QED) is 0.146. The largest absolute Gasteiger partial charge is 0.0616 e. The molecule has 0 N–H and O–H groups in total. The molecule has 0 heteroatoms. The van der Waals surface area contributed by atoms with Crippen molar-refractivity contribution in [1.82, 2.24) is 0 Å². The monoisotopic (exact) mass is 1210 g/mol. The van der Waals surface area contributed by atoms with Crippen molar-refractivity contribution >= 4 is 129 Å². The van der Waals surface area contributed by atoms with Gasteiger partial charge in [0.05, 0.1) is 0 Å². The Morgan fingerprint density at radius 2 is 0.198 bits per heavy atom. The minimum absolute atomic E-state index is 1.22. The maximum Gasteiger partial charge on any atom is -0.00928 e. The highest BCUT2D eigenvalue weighted by molar-refractivity contribution is 6.29. The molecular weight excluding hydrogens is 1150 g/mol. The normalized spacial score (nSPS) is 11.8.